The maximum Gasteiger partial charge on any atom is 0.199 e. The number of amidine groups is 1. The van der Waals surface area contributed by atoms with Gasteiger partial charge in [0.25, 0.3) is 0 Å². The lowest BCUT2D eigenvalue weighted by molar-refractivity contribution is 0.488. The molecule has 0 radical (unpaired) electrons. The number of hydrogen-bond acceptors (Lipinski definition) is 2. The molecule has 1 aliphatic rings. The number of nitrogens with zero attached hydrogens (tertiary/aromatic N) is 3. The van der Waals surface area contributed by atoms with Crippen LogP contribution in [0.5, 0.6) is 0 Å². The number of aliphatic imine (C=N–C) groups is 1. The van der Waals surface area contributed by atoms with Gasteiger partial charge in [0, 0.05) is 13.2 Å². The number of hydrogen-bond donors (Lipinski definition) is 0. The molecule has 0 heterocycles. The standard InChI is InChI=1S/C10H10ClN3/c1-3-13-10(11)14(2)9-6-4-5-8(9)7-12/h3-6,9H,1H2,2H3/b13-10-. The van der Waals surface area contributed by atoms with Crippen molar-refractivity contribution in [2.24, 2.45) is 4.99 Å². The first-order valence-corrected chi connectivity index (χ1v) is 4.44. The molecule has 14 heavy (non-hydrogen) atoms. The molecule has 0 fully saturated rings. The summed E-state index contributed by atoms with van der Waals surface area (Å²) in [5.74, 6) is 0. The van der Waals surface area contributed by atoms with Crippen LogP contribution in [-0.4, -0.2) is 23.3 Å². The molecule has 3 nitrogen and oxygen atoms in total. The highest BCUT2D eigenvalue weighted by molar-refractivity contribution is 6.64. The zero-order chi connectivity index (χ0) is 10.6. The average molecular weight is 208 g/mol. The smallest absolute Gasteiger partial charge is 0.199 e. The van der Waals surface area contributed by atoms with Crippen molar-refractivity contribution in [1.82, 2.24) is 4.90 Å². The van der Waals surface area contributed by atoms with Crippen molar-refractivity contribution in [1.29, 1.82) is 5.26 Å². The highest BCUT2D eigenvalue weighted by Crippen LogP contribution is 2.17. The van der Waals surface area contributed by atoms with Gasteiger partial charge in [-0.1, -0.05) is 18.7 Å². The van der Waals surface area contributed by atoms with Crippen LogP contribution >= 0.6 is 11.6 Å². The van der Waals surface area contributed by atoms with E-state index in [2.05, 4.69) is 17.6 Å². The molecule has 0 aromatic heterocycles. The summed E-state index contributed by atoms with van der Waals surface area (Å²) in [6.07, 6.45) is 6.85. The molecule has 0 aromatic rings. The summed E-state index contributed by atoms with van der Waals surface area (Å²) >= 11 is 5.87. The van der Waals surface area contributed by atoms with Gasteiger partial charge in [-0.3, -0.25) is 0 Å². The van der Waals surface area contributed by atoms with Crippen molar-refractivity contribution >= 4 is 16.9 Å². The van der Waals surface area contributed by atoms with Gasteiger partial charge >= 0.3 is 0 Å². The van der Waals surface area contributed by atoms with E-state index < -0.39 is 0 Å². The Balaban J connectivity index is 2.81. The highest BCUT2D eigenvalue weighted by Gasteiger charge is 2.20. The number of rotatable bonds is 2. The second-order valence-electron chi connectivity index (χ2n) is 2.76. The van der Waals surface area contributed by atoms with E-state index in [1.165, 1.54) is 6.20 Å². The zero-order valence-electron chi connectivity index (χ0n) is 7.81. The van der Waals surface area contributed by atoms with E-state index in [4.69, 9.17) is 16.9 Å². The van der Waals surface area contributed by atoms with Crippen molar-refractivity contribution in [3.63, 3.8) is 0 Å². The van der Waals surface area contributed by atoms with Crippen LogP contribution in [0.15, 0.2) is 41.6 Å². The Labute approximate surface area is 88.3 Å². The molecule has 0 saturated heterocycles. The molecule has 4 heteroatoms. The van der Waals surface area contributed by atoms with E-state index in [1.54, 1.807) is 18.0 Å². The van der Waals surface area contributed by atoms with Gasteiger partial charge in [-0.15, -0.1) is 0 Å². The second kappa shape index (κ2) is 4.64. The zero-order valence-corrected chi connectivity index (χ0v) is 8.57. The molecule has 72 valence electrons. The summed E-state index contributed by atoms with van der Waals surface area (Å²) in [5, 5.41) is 9.13. The molecular weight excluding hydrogens is 198 g/mol. The van der Waals surface area contributed by atoms with Crippen LogP contribution in [-0.2, 0) is 0 Å². The van der Waals surface area contributed by atoms with Gasteiger partial charge in [0.1, 0.15) is 0 Å². The SMILES string of the molecule is C=C/N=C(/Cl)N(C)C1C=CC=C1C#N. The van der Waals surface area contributed by atoms with Gasteiger partial charge in [0.2, 0.25) is 0 Å². The van der Waals surface area contributed by atoms with Crippen molar-refractivity contribution in [2.45, 2.75) is 6.04 Å². The number of likely N-dealkylation sites (N-methyl/N-ethyl adjacent to an activating group) is 1. The van der Waals surface area contributed by atoms with E-state index in [0.717, 1.165) is 0 Å². The van der Waals surface area contributed by atoms with Crippen LogP contribution in [0, 0.1) is 11.3 Å². The summed E-state index contributed by atoms with van der Waals surface area (Å²) in [4.78, 5) is 5.55. The van der Waals surface area contributed by atoms with Crippen molar-refractivity contribution in [3.8, 4) is 6.07 Å². The lowest BCUT2D eigenvalue weighted by Crippen LogP contribution is -2.33. The third-order valence-electron chi connectivity index (χ3n) is 1.92. The van der Waals surface area contributed by atoms with Gasteiger partial charge in [-0.25, -0.2) is 4.99 Å². The summed E-state index contributed by atoms with van der Waals surface area (Å²) in [5.41, 5.74) is 0.657. The summed E-state index contributed by atoms with van der Waals surface area (Å²) in [6, 6.07) is 1.99. The first-order valence-electron chi connectivity index (χ1n) is 4.06. The minimum absolute atomic E-state index is 0.115. The Morgan fingerprint density at radius 3 is 3.14 bits per heavy atom. The Bertz CT molecular complexity index is 360. The lowest BCUT2D eigenvalue weighted by Gasteiger charge is -2.22. The lowest BCUT2D eigenvalue weighted by atomic mass is 10.1. The van der Waals surface area contributed by atoms with Gasteiger partial charge in [0.05, 0.1) is 17.7 Å². The van der Waals surface area contributed by atoms with E-state index >= 15 is 0 Å². The van der Waals surface area contributed by atoms with Gasteiger partial charge < -0.3 is 4.90 Å². The number of halogens is 1. The predicted molar refractivity (Wildman–Crippen MR) is 57.9 cm³/mol. The fraction of sp³-hybridized carbons (Fsp3) is 0.200. The Kier molecular flexibility index (Phi) is 3.49. The second-order valence-corrected chi connectivity index (χ2v) is 3.09. The summed E-state index contributed by atoms with van der Waals surface area (Å²) in [6.45, 7) is 3.45. The highest BCUT2D eigenvalue weighted by atomic mass is 35.5. The molecule has 0 aromatic carbocycles. The van der Waals surface area contributed by atoms with E-state index in [9.17, 15) is 0 Å². The van der Waals surface area contributed by atoms with Crippen molar-refractivity contribution < 1.29 is 0 Å². The summed E-state index contributed by atoms with van der Waals surface area (Å²) in [7, 11) is 1.78. The Hall–Kier alpha value is -1.53. The number of allylic oxidation sites excluding steroid dienone is 2. The fourth-order valence-corrected chi connectivity index (χ4v) is 1.36. The predicted octanol–water partition coefficient (Wildman–Crippen LogP) is 2.04. The average Bonchev–Trinajstić information content (AvgIpc) is 2.64. The molecule has 0 aliphatic heterocycles. The molecule has 1 unspecified atom stereocenters. The summed E-state index contributed by atoms with van der Waals surface area (Å²) < 4.78 is 0. The van der Waals surface area contributed by atoms with E-state index in [0.29, 0.717) is 10.9 Å². The van der Waals surface area contributed by atoms with Crippen LogP contribution in [0.1, 0.15) is 0 Å². The molecule has 0 saturated carbocycles. The molecule has 1 rings (SSSR count). The van der Waals surface area contributed by atoms with E-state index in [1.807, 2.05) is 12.2 Å². The first-order chi connectivity index (χ1) is 6.70. The molecule has 0 bridgehead atoms. The van der Waals surface area contributed by atoms with Crippen molar-refractivity contribution in [3.05, 3.63) is 36.6 Å². The topological polar surface area (TPSA) is 39.4 Å². The van der Waals surface area contributed by atoms with Crippen LogP contribution in [0.2, 0.25) is 0 Å². The fourth-order valence-electron chi connectivity index (χ4n) is 1.19. The molecule has 0 amide bonds. The minimum atomic E-state index is -0.115. The van der Waals surface area contributed by atoms with Crippen LogP contribution in [0.3, 0.4) is 0 Å². The first kappa shape index (κ1) is 10.6. The Morgan fingerprint density at radius 1 is 1.86 bits per heavy atom. The maximum atomic E-state index is 8.81. The third kappa shape index (κ3) is 2.04. The van der Waals surface area contributed by atoms with Crippen LogP contribution in [0.25, 0.3) is 0 Å². The maximum absolute atomic E-state index is 8.81. The normalized spacial score (nSPS) is 20.2. The number of nitriles is 1. The third-order valence-corrected chi connectivity index (χ3v) is 2.29. The monoisotopic (exact) mass is 207 g/mol. The molecule has 1 atom stereocenters. The Morgan fingerprint density at radius 2 is 2.57 bits per heavy atom. The molecule has 0 N–H and O–H groups in total. The van der Waals surface area contributed by atoms with Gasteiger partial charge in [-0.05, 0) is 17.7 Å². The quantitative estimate of drug-likeness (QED) is 0.395. The van der Waals surface area contributed by atoms with Crippen LogP contribution < -0.4 is 0 Å². The van der Waals surface area contributed by atoms with E-state index in [-0.39, 0.29) is 6.04 Å². The van der Waals surface area contributed by atoms with Crippen molar-refractivity contribution in [2.75, 3.05) is 7.05 Å². The molecular formula is C10H10ClN3. The molecule has 0 spiro atoms. The molecule has 1 aliphatic carbocycles. The minimum Gasteiger partial charge on any atom is -0.339 e. The largest absolute Gasteiger partial charge is 0.339 e. The van der Waals surface area contributed by atoms with Gasteiger partial charge in [-0.2, -0.15) is 5.26 Å². The van der Waals surface area contributed by atoms with Gasteiger partial charge in [0.15, 0.2) is 5.29 Å². The van der Waals surface area contributed by atoms with Crippen LogP contribution in [0.4, 0.5) is 0 Å².